The Bertz CT molecular complexity index is 126. The van der Waals surface area contributed by atoms with Crippen molar-refractivity contribution < 1.29 is 18.4 Å². The van der Waals surface area contributed by atoms with Crippen molar-refractivity contribution in [3.05, 3.63) is 0 Å². The van der Waals surface area contributed by atoms with Gasteiger partial charge in [-0.05, 0) is 0 Å². The predicted molar refractivity (Wildman–Crippen MR) is 53.2 cm³/mol. The molecule has 0 aliphatic heterocycles. The summed E-state index contributed by atoms with van der Waals surface area (Å²) >= 11 is 4.53. The molecule has 7 heteroatoms. The Hall–Kier alpha value is 0.910. The Balaban J connectivity index is 0. The summed E-state index contributed by atoms with van der Waals surface area (Å²) in [6.45, 7) is 4.36. The lowest BCUT2D eigenvalue weighted by molar-refractivity contribution is 0.127. The highest BCUT2D eigenvalue weighted by atomic mass is 79.9. The number of hydrogen-bond donors (Lipinski definition) is 1. The van der Waals surface area contributed by atoms with Crippen molar-refractivity contribution in [2.45, 2.75) is 30.4 Å². The summed E-state index contributed by atoms with van der Waals surface area (Å²) in [5.74, 6) is 0. The smallest absolute Gasteiger partial charge is 0.181 e. The van der Waals surface area contributed by atoms with E-state index in [9.17, 15) is 8.96 Å². The number of halogens is 3. The SMILES string of the molecule is CCCC.O=[P+](O)OC(F)(Br)Br. The minimum absolute atomic E-state index is 1.32. The molecule has 3 nitrogen and oxygen atoms in total. The lowest BCUT2D eigenvalue weighted by atomic mass is 10.4. The third kappa shape index (κ3) is 22.4. The average Bonchev–Trinajstić information content (AvgIpc) is 1.83. The summed E-state index contributed by atoms with van der Waals surface area (Å²) in [6, 6.07) is 0. The Morgan fingerprint density at radius 1 is 1.50 bits per heavy atom. The number of hydrogen-bond acceptors (Lipinski definition) is 2. The van der Waals surface area contributed by atoms with Crippen molar-refractivity contribution in [2.75, 3.05) is 0 Å². The zero-order valence-corrected chi connectivity index (χ0v) is 10.8. The van der Waals surface area contributed by atoms with Crippen molar-refractivity contribution in [2.24, 2.45) is 0 Å². The van der Waals surface area contributed by atoms with Crippen LogP contribution in [0.4, 0.5) is 4.39 Å². The molecule has 1 N–H and O–H groups in total. The monoisotopic (exact) mass is 327 g/mol. The Kier molecular flexibility index (Phi) is 10.9. The molecule has 1 unspecified atom stereocenters. The van der Waals surface area contributed by atoms with Crippen LogP contribution in [0.25, 0.3) is 0 Å². The zero-order valence-electron chi connectivity index (χ0n) is 6.76. The van der Waals surface area contributed by atoms with Gasteiger partial charge in [0, 0.05) is 36.4 Å². The molecule has 0 fully saturated rings. The summed E-state index contributed by atoms with van der Waals surface area (Å²) in [7, 11) is -2.91. The second-order valence-electron chi connectivity index (χ2n) is 1.77. The molecular weight excluding hydrogens is 318 g/mol. The van der Waals surface area contributed by atoms with Gasteiger partial charge in [0.15, 0.2) is 0 Å². The molecule has 0 bridgehead atoms. The van der Waals surface area contributed by atoms with Crippen LogP contribution in [0.2, 0.25) is 0 Å². The largest absolute Gasteiger partial charge is 0.699 e. The minimum Gasteiger partial charge on any atom is -0.181 e. The molecule has 0 aromatic carbocycles. The molecule has 0 radical (unpaired) electrons. The first-order valence-electron chi connectivity index (χ1n) is 3.25. The molecule has 0 heterocycles. The van der Waals surface area contributed by atoms with E-state index in [2.05, 4.69) is 50.2 Å². The highest BCUT2D eigenvalue weighted by Crippen LogP contribution is 2.37. The maximum atomic E-state index is 11.9. The third-order valence-electron chi connectivity index (χ3n) is 0.682. The first kappa shape index (κ1) is 15.4. The molecule has 1 atom stereocenters. The van der Waals surface area contributed by atoms with Crippen LogP contribution >= 0.6 is 40.1 Å². The summed E-state index contributed by atoms with van der Waals surface area (Å²) in [5, 5.41) is 0. The van der Waals surface area contributed by atoms with Crippen molar-refractivity contribution in [3.63, 3.8) is 0 Å². The fourth-order valence-corrected chi connectivity index (χ4v) is 1.01. The number of rotatable bonds is 3. The first-order valence-corrected chi connectivity index (χ1v) is 5.97. The lowest BCUT2D eigenvalue weighted by Gasteiger charge is -1.95. The van der Waals surface area contributed by atoms with Gasteiger partial charge in [0.1, 0.15) is 0 Å². The van der Waals surface area contributed by atoms with Crippen LogP contribution in [-0.2, 0) is 9.09 Å². The highest BCUT2D eigenvalue weighted by Gasteiger charge is 2.34. The Morgan fingerprint density at radius 3 is 1.83 bits per heavy atom. The molecule has 0 saturated heterocycles. The van der Waals surface area contributed by atoms with Gasteiger partial charge in [-0.3, -0.25) is 0 Å². The first-order chi connectivity index (χ1) is 5.33. The van der Waals surface area contributed by atoms with Crippen molar-refractivity contribution in [1.82, 2.24) is 0 Å². The van der Waals surface area contributed by atoms with E-state index in [-0.39, 0.29) is 0 Å². The molecule has 74 valence electrons. The van der Waals surface area contributed by atoms with Crippen molar-refractivity contribution >= 4 is 40.1 Å². The fourth-order valence-electron chi connectivity index (χ4n) is 0.0885. The van der Waals surface area contributed by atoms with Gasteiger partial charge >= 0.3 is 11.9 Å². The Labute approximate surface area is 88.9 Å². The van der Waals surface area contributed by atoms with Gasteiger partial charge in [-0.15, -0.1) is 4.89 Å². The maximum absolute atomic E-state index is 11.9. The molecule has 0 saturated carbocycles. The quantitative estimate of drug-likeness (QED) is 0.632. The average molecular weight is 329 g/mol. The molecule has 0 spiro atoms. The number of alkyl halides is 3. The van der Waals surface area contributed by atoms with E-state index in [4.69, 9.17) is 4.89 Å². The van der Waals surface area contributed by atoms with Gasteiger partial charge in [-0.25, -0.2) is 0 Å². The summed E-state index contributed by atoms with van der Waals surface area (Å²) < 4.78 is 22.8. The van der Waals surface area contributed by atoms with E-state index >= 15 is 0 Å². The second kappa shape index (κ2) is 8.51. The van der Waals surface area contributed by atoms with Gasteiger partial charge in [0.2, 0.25) is 0 Å². The van der Waals surface area contributed by atoms with E-state index in [1.807, 2.05) is 0 Å². The molecule has 0 aliphatic rings. The molecule has 0 aliphatic carbocycles. The lowest BCUT2D eigenvalue weighted by Crippen LogP contribution is -2.01. The number of unbranched alkanes of at least 4 members (excludes halogenated alkanes) is 1. The molecule has 0 amide bonds. The van der Waals surface area contributed by atoms with E-state index in [1.165, 1.54) is 12.8 Å². The van der Waals surface area contributed by atoms with E-state index in [1.54, 1.807) is 0 Å². The molecule has 0 rings (SSSR count). The minimum atomic E-state index is -2.91. The van der Waals surface area contributed by atoms with E-state index < -0.39 is 11.9 Å². The van der Waals surface area contributed by atoms with Crippen LogP contribution in [0, 0.1) is 0 Å². The zero-order chi connectivity index (χ0) is 10.2. The molecular formula is C5H11Br2FO3P+. The van der Waals surface area contributed by atoms with E-state index in [0.29, 0.717) is 0 Å². The van der Waals surface area contributed by atoms with Crippen LogP contribution < -0.4 is 0 Å². The van der Waals surface area contributed by atoms with Crippen LogP contribution in [0.15, 0.2) is 0 Å². The fraction of sp³-hybridized carbons (Fsp3) is 1.00. The summed E-state index contributed by atoms with van der Waals surface area (Å²) in [6.07, 6.45) is 2.64. The standard InChI is InChI=1S/C4H10.CBr2FO3P/c1-3-4-2;2-1(3,4)7-8(5)6/h3-4H2,1-2H3;/p+1. The summed E-state index contributed by atoms with van der Waals surface area (Å²) in [5.41, 5.74) is 0. The normalized spacial score (nSPS) is 11.7. The van der Waals surface area contributed by atoms with Gasteiger partial charge in [-0.1, -0.05) is 31.2 Å². The van der Waals surface area contributed by atoms with Crippen molar-refractivity contribution in [1.29, 1.82) is 0 Å². The van der Waals surface area contributed by atoms with E-state index in [0.717, 1.165) is 0 Å². The molecule has 0 aromatic heterocycles. The van der Waals surface area contributed by atoms with Gasteiger partial charge in [-0.2, -0.15) is 4.39 Å². The summed E-state index contributed by atoms with van der Waals surface area (Å²) in [4.78, 5) is 7.88. The topological polar surface area (TPSA) is 46.5 Å². The van der Waals surface area contributed by atoms with Crippen LogP contribution in [0.3, 0.4) is 0 Å². The molecule has 0 aromatic rings. The predicted octanol–water partition coefficient (Wildman–Crippen LogP) is 3.83. The van der Waals surface area contributed by atoms with Gasteiger partial charge in [0.25, 0.3) is 0 Å². The van der Waals surface area contributed by atoms with Gasteiger partial charge < -0.3 is 0 Å². The van der Waals surface area contributed by atoms with Crippen LogP contribution in [0.5, 0.6) is 0 Å². The van der Waals surface area contributed by atoms with Crippen molar-refractivity contribution in [3.8, 4) is 0 Å². The maximum Gasteiger partial charge on any atom is 0.699 e. The Morgan fingerprint density at radius 2 is 1.83 bits per heavy atom. The second-order valence-corrected chi connectivity index (χ2v) is 5.54. The van der Waals surface area contributed by atoms with Gasteiger partial charge in [0.05, 0.1) is 0 Å². The van der Waals surface area contributed by atoms with Crippen LogP contribution in [0.1, 0.15) is 26.7 Å². The molecule has 12 heavy (non-hydrogen) atoms. The highest BCUT2D eigenvalue weighted by molar-refractivity contribution is 9.25. The van der Waals surface area contributed by atoms with Crippen LogP contribution in [-0.4, -0.2) is 8.57 Å². The third-order valence-corrected chi connectivity index (χ3v) is 1.91.